The second-order valence-corrected chi connectivity index (χ2v) is 7.71. The molecule has 0 atom stereocenters. The molecule has 0 aliphatic heterocycles. The summed E-state index contributed by atoms with van der Waals surface area (Å²) in [5, 5.41) is 10.5. The van der Waals surface area contributed by atoms with Crippen LogP contribution in [0.3, 0.4) is 0 Å². The lowest BCUT2D eigenvalue weighted by Gasteiger charge is -2.29. The molecule has 0 saturated carbocycles. The van der Waals surface area contributed by atoms with Crippen molar-refractivity contribution in [3.05, 3.63) is 22.4 Å². The van der Waals surface area contributed by atoms with Gasteiger partial charge in [0.25, 0.3) is 10.2 Å². The lowest BCUT2D eigenvalue weighted by molar-refractivity contribution is -0.137. The van der Waals surface area contributed by atoms with Crippen molar-refractivity contribution in [3.63, 3.8) is 0 Å². The van der Waals surface area contributed by atoms with E-state index in [4.69, 9.17) is 5.11 Å². The number of nitrogens with zero attached hydrogens (tertiary/aromatic N) is 2. The summed E-state index contributed by atoms with van der Waals surface area (Å²) in [6.45, 7) is 3.87. The fourth-order valence-electron chi connectivity index (χ4n) is 1.63. The maximum Gasteiger partial charge on any atom is 0.304 e. The number of aliphatic carboxylic acids is 1. The Morgan fingerprint density at radius 2 is 2.10 bits per heavy atom. The Kier molecular flexibility index (Phi) is 6.12. The zero-order valence-electron chi connectivity index (χ0n) is 11.8. The standard InChI is InChI=1S/C12H20N2O4S2/c1-10(2)14(9-11-5-4-8-19-11)20(17,18)13(3)7-6-12(15)16/h4-5,8,10H,6-7,9H2,1-3H3,(H,15,16). The first-order chi connectivity index (χ1) is 9.25. The number of carboxylic acid groups (broad SMARTS) is 1. The molecule has 6 nitrogen and oxygen atoms in total. The van der Waals surface area contributed by atoms with E-state index in [0.717, 1.165) is 9.18 Å². The molecule has 1 rings (SSSR count). The molecule has 1 aromatic heterocycles. The van der Waals surface area contributed by atoms with Gasteiger partial charge in [0.2, 0.25) is 0 Å². The minimum Gasteiger partial charge on any atom is -0.481 e. The summed E-state index contributed by atoms with van der Waals surface area (Å²) in [6, 6.07) is 3.56. The van der Waals surface area contributed by atoms with Crippen LogP contribution in [0.2, 0.25) is 0 Å². The molecule has 20 heavy (non-hydrogen) atoms. The SMILES string of the molecule is CC(C)N(Cc1cccs1)S(=O)(=O)N(C)CCC(=O)O. The molecule has 8 heteroatoms. The van der Waals surface area contributed by atoms with E-state index in [9.17, 15) is 13.2 Å². The van der Waals surface area contributed by atoms with Crippen molar-refractivity contribution in [2.45, 2.75) is 32.9 Å². The normalized spacial score (nSPS) is 12.5. The van der Waals surface area contributed by atoms with Gasteiger partial charge >= 0.3 is 5.97 Å². The second kappa shape index (κ2) is 7.16. The lowest BCUT2D eigenvalue weighted by Crippen LogP contribution is -2.45. The largest absolute Gasteiger partial charge is 0.481 e. The van der Waals surface area contributed by atoms with Crippen molar-refractivity contribution in [2.24, 2.45) is 0 Å². The van der Waals surface area contributed by atoms with E-state index in [-0.39, 0.29) is 19.0 Å². The van der Waals surface area contributed by atoms with Gasteiger partial charge in [0.15, 0.2) is 0 Å². The van der Waals surface area contributed by atoms with Crippen LogP contribution in [0.1, 0.15) is 25.1 Å². The summed E-state index contributed by atoms with van der Waals surface area (Å²) in [4.78, 5) is 11.5. The smallest absolute Gasteiger partial charge is 0.304 e. The van der Waals surface area contributed by atoms with Crippen LogP contribution in [0.25, 0.3) is 0 Å². The van der Waals surface area contributed by atoms with Crippen molar-refractivity contribution < 1.29 is 18.3 Å². The predicted molar refractivity (Wildman–Crippen MR) is 78.8 cm³/mol. The molecular weight excluding hydrogens is 300 g/mol. The lowest BCUT2D eigenvalue weighted by atomic mass is 10.4. The van der Waals surface area contributed by atoms with Gasteiger partial charge in [0, 0.05) is 31.1 Å². The zero-order chi connectivity index (χ0) is 15.3. The van der Waals surface area contributed by atoms with Crippen LogP contribution in [-0.2, 0) is 21.5 Å². The van der Waals surface area contributed by atoms with Gasteiger partial charge in [0.1, 0.15) is 0 Å². The summed E-state index contributed by atoms with van der Waals surface area (Å²) < 4.78 is 27.4. The van der Waals surface area contributed by atoms with E-state index in [1.807, 2.05) is 17.5 Å². The summed E-state index contributed by atoms with van der Waals surface area (Å²) in [5.74, 6) is -1.01. The molecule has 1 heterocycles. The Morgan fingerprint density at radius 1 is 1.45 bits per heavy atom. The Balaban J connectivity index is 2.85. The Bertz CT molecular complexity index is 526. The fraction of sp³-hybridized carbons (Fsp3) is 0.583. The van der Waals surface area contributed by atoms with Gasteiger partial charge in [-0.05, 0) is 25.3 Å². The van der Waals surface area contributed by atoms with Crippen molar-refractivity contribution in [3.8, 4) is 0 Å². The Hall–Kier alpha value is -0.960. The third kappa shape index (κ3) is 4.55. The topological polar surface area (TPSA) is 77.9 Å². The Labute approximate surface area is 123 Å². The van der Waals surface area contributed by atoms with Gasteiger partial charge in [0.05, 0.1) is 6.42 Å². The number of hydrogen-bond donors (Lipinski definition) is 1. The maximum absolute atomic E-state index is 12.5. The second-order valence-electron chi connectivity index (χ2n) is 4.69. The molecule has 0 aromatic carbocycles. The van der Waals surface area contributed by atoms with Gasteiger partial charge in [-0.15, -0.1) is 11.3 Å². The molecule has 0 fully saturated rings. The van der Waals surface area contributed by atoms with E-state index in [1.165, 1.54) is 22.7 Å². The van der Waals surface area contributed by atoms with E-state index in [1.54, 1.807) is 13.8 Å². The average molecular weight is 320 g/mol. The molecule has 0 bridgehead atoms. The van der Waals surface area contributed by atoms with Crippen molar-refractivity contribution >= 4 is 27.5 Å². The molecule has 1 N–H and O–H groups in total. The first-order valence-corrected chi connectivity index (χ1v) is 8.50. The molecule has 114 valence electrons. The molecule has 0 aliphatic rings. The molecule has 0 unspecified atom stereocenters. The third-order valence-corrected chi connectivity index (χ3v) is 5.77. The van der Waals surface area contributed by atoms with Gasteiger partial charge < -0.3 is 5.11 Å². The first-order valence-electron chi connectivity index (χ1n) is 6.22. The minimum atomic E-state index is -3.66. The van der Waals surface area contributed by atoms with Crippen LogP contribution in [0.4, 0.5) is 0 Å². The summed E-state index contributed by atoms with van der Waals surface area (Å²) in [5.41, 5.74) is 0. The molecule has 0 amide bonds. The van der Waals surface area contributed by atoms with Crippen LogP contribution in [0.15, 0.2) is 17.5 Å². The molecule has 0 aliphatic carbocycles. The highest BCUT2D eigenvalue weighted by Gasteiger charge is 2.29. The predicted octanol–water partition coefficient (Wildman–Crippen LogP) is 1.61. The van der Waals surface area contributed by atoms with Gasteiger partial charge in [-0.3, -0.25) is 4.79 Å². The van der Waals surface area contributed by atoms with Crippen LogP contribution >= 0.6 is 11.3 Å². The monoisotopic (exact) mass is 320 g/mol. The summed E-state index contributed by atoms with van der Waals surface area (Å²) in [6.07, 6.45) is -0.208. The highest BCUT2D eigenvalue weighted by molar-refractivity contribution is 7.86. The van der Waals surface area contributed by atoms with Gasteiger partial charge in [-0.2, -0.15) is 17.0 Å². The van der Waals surface area contributed by atoms with E-state index >= 15 is 0 Å². The Morgan fingerprint density at radius 3 is 2.55 bits per heavy atom. The molecule has 0 saturated heterocycles. The summed E-state index contributed by atoms with van der Waals surface area (Å²) >= 11 is 1.50. The highest BCUT2D eigenvalue weighted by Crippen LogP contribution is 2.19. The number of carbonyl (C=O) groups is 1. The van der Waals surface area contributed by atoms with Crippen LogP contribution in [0, 0.1) is 0 Å². The van der Waals surface area contributed by atoms with Crippen molar-refractivity contribution in [1.29, 1.82) is 0 Å². The third-order valence-electron chi connectivity index (χ3n) is 2.80. The van der Waals surface area contributed by atoms with E-state index in [2.05, 4.69) is 0 Å². The number of hydrogen-bond acceptors (Lipinski definition) is 4. The van der Waals surface area contributed by atoms with Crippen molar-refractivity contribution in [2.75, 3.05) is 13.6 Å². The molecule has 0 spiro atoms. The average Bonchev–Trinajstić information content (AvgIpc) is 2.85. The van der Waals surface area contributed by atoms with Gasteiger partial charge in [-0.25, -0.2) is 0 Å². The summed E-state index contributed by atoms with van der Waals surface area (Å²) in [7, 11) is -2.26. The quantitative estimate of drug-likeness (QED) is 0.789. The van der Waals surface area contributed by atoms with E-state index in [0.29, 0.717) is 6.54 Å². The maximum atomic E-state index is 12.5. The van der Waals surface area contributed by atoms with Crippen LogP contribution < -0.4 is 0 Å². The van der Waals surface area contributed by atoms with Gasteiger partial charge in [-0.1, -0.05) is 6.07 Å². The zero-order valence-corrected chi connectivity index (χ0v) is 13.4. The minimum absolute atomic E-state index is 0.0364. The molecule has 0 radical (unpaired) electrons. The van der Waals surface area contributed by atoms with Crippen molar-refractivity contribution in [1.82, 2.24) is 8.61 Å². The fourth-order valence-corrected chi connectivity index (χ4v) is 3.93. The van der Waals surface area contributed by atoms with E-state index < -0.39 is 16.2 Å². The number of carboxylic acids is 1. The molecular formula is C12H20N2O4S2. The number of thiophene rings is 1. The van der Waals surface area contributed by atoms with Crippen LogP contribution in [-0.4, -0.2) is 47.7 Å². The van der Waals surface area contributed by atoms with Crippen LogP contribution in [0.5, 0.6) is 0 Å². The molecule has 1 aromatic rings. The number of rotatable bonds is 8. The highest BCUT2D eigenvalue weighted by atomic mass is 32.2. The first kappa shape index (κ1) is 17.1.